The van der Waals surface area contributed by atoms with Gasteiger partial charge in [0.15, 0.2) is 11.9 Å². The molecule has 2 rings (SSSR count). The van der Waals surface area contributed by atoms with E-state index in [0.29, 0.717) is 0 Å². The second-order valence-corrected chi connectivity index (χ2v) is 5.09. The van der Waals surface area contributed by atoms with Crippen LogP contribution in [-0.4, -0.2) is 86.1 Å². The highest BCUT2D eigenvalue weighted by Gasteiger charge is 2.47. The van der Waals surface area contributed by atoms with Crippen LogP contribution in [0.25, 0.3) is 0 Å². The standard InChI is InChI=1S/C12H18O10/c1-3-5(15)6(16)7(17)12(20-3)22-10-8(18)9(4(14)2-13)21-11(10)19/h3-7,9,12-18H,2H2,1H3/t3-,4+,5+,6+,7-,9-,12+/m1/s1. The number of aliphatic hydroxyl groups is 6. The van der Waals surface area contributed by atoms with Crippen LogP contribution in [0.15, 0.2) is 11.5 Å². The lowest BCUT2D eigenvalue weighted by Crippen LogP contribution is -2.57. The van der Waals surface area contributed by atoms with Crippen LogP contribution in [0.1, 0.15) is 6.92 Å². The number of cyclic esters (lactones) is 1. The molecule has 0 unspecified atom stereocenters. The first kappa shape index (κ1) is 16.9. The van der Waals surface area contributed by atoms with Gasteiger partial charge in [-0.2, -0.15) is 0 Å². The van der Waals surface area contributed by atoms with Crippen molar-refractivity contribution in [2.45, 2.75) is 49.8 Å². The van der Waals surface area contributed by atoms with Crippen molar-refractivity contribution in [3.63, 3.8) is 0 Å². The lowest BCUT2D eigenvalue weighted by atomic mass is 10.00. The van der Waals surface area contributed by atoms with E-state index >= 15 is 0 Å². The number of rotatable bonds is 4. The monoisotopic (exact) mass is 322 g/mol. The maximum Gasteiger partial charge on any atom is 0.378 e. The molecule has 1 saturated heterocycles. The van der Waals surface area contributed by atoms with Gasteiger partial charge in [0.1, 0.15) is 24.4 Å². The van der Waals surface area contributed by atoms with Crippen molar-refractivity contribution in [2.75, 3.05) is 6.61 Å². The van der Waals surface area contributed by atoms with Gasteiger partial charge in [0.25, 0.3) is 0 Å². The van der Waals surface area contributed by atoms with Crippen LogP contribution in [0.5, 0.6) is 0 Å². The molecule has 2 heterocycles. The first-order chi connectivity index (χ1) is 10.3. The van der Waals surface area contributed by atoms with Crippen LogP contribution in [0, 0.1) is 0 Å². The normalized spacial score (nSPS) is 40.5. The van der Waals surface area contributed by atoms with E-state index in [2.05, 4.69) is 4.74 Å². The second-order valence-electron chi connectivity index (χ2n) is 5.09. The SMILES string of the molecule is C[C@H]1O[C@@H](OC2=C(O)[C@@H]([C@@H](O)CO)OC2=O)[C@H](O)[C@@H](O)[C@H]1O. The molecule has 0 aromatic carbocycles. The van der Waals surface area contributed by atoms with E-state index in [1.165, 1.54) is 6.92 Å². The molecule has 10 heteroatoms. The lowest BCUT2D eigenvalue weighted by Gasteiger charge is -2.38. The highest BCUT2D eigenvalue weighted by molar-refractivity contribution is 5.89. The van der Waals surface area contributed by atoms with Crippen LogP contribution >= 0.6 is 0 Å². The zero-order valence-electron chi connectivity index (χ0n) is 11.6. The Balaban J connectivity index is 2.15. The van der Waals surface area contributed by atoms with E-state index in [1.807, 2.05) is 0 Å². The zero-order chi connectivity index (χ0) is 16.6. The molecule has 0 bridgehead atoms. The minimum Gasteiger partial charge on any atom is -0.505 e. The van der Waals surface area contributed by atoms with Crippen LogP contribution in [0.2, 0.25) is 0 Å². The number of hydrogen-bond acceptors (Lipinski definition) is 10. The number of esters is 1. The highest BCUT2D eigenvalue weighted by Crippen LogP contribution is 2.29. The molecule has 126 valence electrons. The van der Waals surface area contributed by atoms with Crippen molar-refractivity contribution in [2.24, 2.45) is 0 Å². The third kappa shape index (κ3) is 2.89. The molecule has 6 N–H and O–H groups in total. The Bertz CT molecular complexity index is 463. The molecular weight excluding hydrogens is 304 g/mol. The number of aliphatic hydroxyl groups excluding tert-OH is 6. The third-order valence-electron chi connectivity index (χ3n) is 3.50. The van der Waals surface area contributed by atoms with Crippen molar-refractivity contribution >= 4 is 5.97 Å². The van der Waals surface area contributed by atoms with E-state index in [-0.39, 0.29) is 0 Å². The van der Waals surface area contributed by atoms with Crippen molar-refractivity contribution < 1.29 is 49.6 Å². The third-order valence-corrected chi connectivity index (χ3v) is 3.50. The molecular formula is C12H18O10. The summed E-state index contributed by atoms with van der Waals surface area (Å²) in [6.45, 7) is 0.648. The van der Waals surface area contributed by atoms with Crippen molar-refractivity contribution in [3.8, 4) is 0 Å². The molecule has 2 aliphatic rings. The average molecular weight is 322 g/mol. The predicted octanol–water partition coefficient (Wildman–Crippen LogP) is -3.12. The Hall–Kier alpha value is -1.43. The Morgan fingerprint density at radius 2 is 1.86 bits per heavy atom. The van der Waals surface area contributed by atoms with E-state index in [1.54, 1.807) is 0 Å². The molecule has 7 atom stereocenters. The molecule has 0 saturated carbocycles. The van der Waals surface area contributed by atoms with Gasteiger partial charge in [-0.15, -0.1) is 0 Å². The molecule has 0 radical (unpaired) electrons. The minimum absolute atomic E-state index is 0.711. The molecule has 0 aliphatic carbocycles. The van der Waals surface area contributed by atoms with Crippen molar-refractivity contribution in [3.05, 3.63) is 11.5 Å². The Kier molecular flexibility index (Phi) is 4.90. The minimum atomic E-state index is -1.68. The fourth-order valence-electron chi connectivity index (χ4n) is 2.15. The van der Waals surface area contributed by atoms with Crippen molar-refractivity contribution in [1.82, 2.24) is 0 Å². The molecule has 0 aromatic heterocycles. The Labute approximate surface area is 124 Å². The summed E-state index contributed by atoms with van der Waals surface area (Å²) in [7, 11) is 0. The summed E-state index contributed by atoms with van der Waals surface area (Å²) in [5, 5.41) is 57.0. The van der Waals surface area contributed by atoms with Gasteiger partial charge in [-0.05, 0) is 6.92 Å². The summed E-state index contributed by atoms with van der Waals surface area (Å²) in [4.78, 5) is 11.6. The van der Waals surface area contributed by atoms with Crippen LogP contribution in [-0.2, 0) is 19.0 Å². The quantitative estimate of drug-likeness (QED) is 0.291. The van der Waals surface area contributed by atoms with Gasteiger partial charge in [0, 0.05) is 0 Å². The molecule has 0 amide bonds. The predicted molar refractivity (Wildman–Crippen MR) is 66.1 cm³/mol. The highest BCUT2D eigenvalue weighted by atomic mass is 16.7. The molecule has 22 heavy (non-hydrogen) atoms. The van der Waals surface area contributed by atoms with Gasteiger partial charge in [-0.25, -0.2) is 4.79 Å². The summed E-state index contributed by atoms with van der Waals surface area (Å²) >= 11 is 0. The summed E-state index contributed by atoms with van der Waals surface area (Å²) in [6.07, 6.45) is -10.1. The molecule has 10 nitrogen and oxygen atoms in total. The van der Waals surface area contributed by atoms with Gasteiger partial charge >= 0.3 is 5.97 Å². The molecule has 0 aromatic rings. The number of ether oxygens (including phenoxy) is 3. The Morgan fingerprint density at radius 1 is 1.23 bits per heavy atom. The van der Waals surface area contributed by atoms with E-state index < -0.39 is 67.0 Å². The van der Waals surface area contributed by atoms with E-state index in [0.717, 1.165) is 0 Å². The van der Waals surface area contributed by atoms with E-state index in [4.69, 9.17) is 14.6 Å². The van der Waals surface area contributed by atoms with E-state index in [9.17, 15) is 30.3 Å². The van der Waals surface area contributed by atoms with Gasteiger partial charge in [-0.1, -0.05) is 0 Å². The first-order valence-electron chi connectivity index (χ1n) is 6.57. The summed E-state index contributed by atoms with van der Waals surface area (Å²) in [5.41, 5.74) is 0. The van der Waals surface area contributed by atoms with Crippen LogP contribution < -0.4 is 0 Å². The number of carbonyl (C=O) groups is 1. The molecule has 2 aliphatic heterocycles. The fraction of sp³-hybridized carbons (Fsp3) is 0.750. The summed E-state index contributed by atoms with van der Waals surface area (Å²) in [5.74, 6) is -2.60. The smallest absolute Gasteiger partial charge is 0.378 e. The maximum atomic E-state index is 11.6. The maximum absolute atomic E-state index is 11.6. The number of hydrogen-bond donors (Lipinski definition) is 6. The van der Waals surface area contributed by atoms with Gasteiger partial charge in [-0.3, -0.25) is 0 Å². The van der Waals surface area contributed by atoms with Gasteiger partial charge in [0.2, 0.25) is 12.0 Å². The largest absolute Gasteiger partial charge is 0.505 e. The molecule has 0 spiro atoms. The van der Waals surface area contributed by atoms with Gasteiger partial charge < -0.3 is 44.8 Å². The zero-order valence-corrected chi connectivity index (χ0v) is 11.6. The van der Waals surface area contributed by atoms with Crippen molar-refractivity contribution in [1.29, 1.82) is 0 Å². The Morgan fingerprint density at radius 3 is 2.45 bits per heavy atom. The summed E-state index contributed by atoms with van der Waals surface area (Å²) < 4.78 is 14.8. The number of carbonyl (C=O) groups excluding carboxylic acids is 1. The lowest BCUT2D eigenvalue weighted by molar-refractivity contribution is -0.283. The molecule has 1 fully saturated rings. The topological polar surface area (TPSA) is 166 Å². The average Bonchev–Trinajstić information content (AvgIpc) is 2.77. The summed E-state index contributed by atoms with van der Waals surface area (Å²) in [6, 6.07) is 0. The fourth-order valence-corrected chi connectivity index (χ4v) is 2.15. The van der Waals surface area contributed by atoms with Crippen LogP contribution in [0.3, 0.4) is 0 Å². The van der Waals surface area contributed by atoms with Gasteiger partial charge in [0.05, 0.1) is 12.7 Å². The van der Waals surface area contributed by atoms with Crippen LogP contribution in [0.4, 0.5) is 0 Å². The second kappa shape index (κ2) is 6.36. The first-order valence-corrected chi connectivity index (χ1v) is 6.57.